The molecule has 0 fully saturated rings. The van der Waals surface area contributed by atoms with Gasteiger partial charge in [0, 0.05) is 0 Å². The average Bonchev–Trinajstić information content (AvgIpc) is 2.49. The zero-order valence-corrected chi connectivity index (χ0v) is 14.2. The van der Waals surface area contributed by atoms with Crippen molar-refractivity contribution >= 4 is 0 Å². The quantitative estimate of drug-likeness (QED) is 0.682. The van der Waals surface area contributed by atoms with Crippen molar-refractivity contribution in [3.63, 3.8) is 0 Å². The molecule has 0 aliphatic heterocycles. The van der Waals surface area contributed by atoms with Gasteiger partial charge in [-0.15, -0.1) is 0 Å². The van der Waals surface area contributed by atoms with E-state index in [1.165, 1.54) is 12.8 Å². The molecule has 0 bridgehead atoms. The van der Waals surface area contributed by atoms with Crippen molar-refractivity contribution in [1.29, 1.82) is 0 Å². The van der Waals surface area contributed by atoms with Crippen LogP contribution in [0.25, 0.3) is 11.1 Å². The van der Waals surface area contributed by atoms with E-state index in [9.17, 15) is 10.2 Å². The molecule has 0 spiro atoms. The second-order valence-corrected chi connectivity index (χ2v) is 5.34. The minimum absolute atomic E-state index is 0.155. The highest BCUT2D eigenvalue weighted by molar-refractivity contribution is 5.77. The summed E-state index contributed by atoms with van der Waals surface area (Å²) in [5.41, 5.74) is 3.46. The summed E-state index contributed by atoms with van der Waals surface area (Å²) in [6.07, 6.45) is 4.31. The molecule has 0 amide bonds. The highest BCUT2D eigenvalue weighted by Crippen LogP contribution is 2.38. The number of phenolic OH excluding ortho intramolecular Hbond substituents is 2. The summed E-state index contributed by atoms with van der Waals surface area (Å²) >= 11 is 0. The van der Waals surface area contributed by atoms with Crippen molar-refractivity contribution in [3.05, 3.63) is 47.5 Å². The summed E-state index contributed by atoms with van der Waals surface area (Å²) in [5.74, 6) is 0.309. The lowest BCUT2D eigenvalue weighted by Crippen LogP contribution is -1.89. The molecule has 2 nitrogen and oxygen atoms in total. The van der Waals surface area contributed by atoms with Crippen LogP contribution < -0.4 is 0 Å². The third kappa shape index (κ3) is 4.80. The Morgan fingerprint density at radius 3 is 2.09 bits per heavy atom. The zero-order valence-electron chi connectivity index (χ0n) is 14.2. The van der Waals surface area contributed by atoms with Gasteiger partial charge in [-0.25, -0.2) is 0 Å². The topological polar surface area (TPSA) is 40.5 Å². The van der Waals surface area contributed by atoms with Gasteiger partial charge in [0.25, 0.3) is 0 Å². The number of aryl methyl sites for hydroxylation is 2. The average molecular weight is 300 g/mol. The molecule has 0 atom stereocenters. The summed E-state index contributed by atoms with van der Waals surface area (Å²) in [6, 6.07) is 11.3. The second-order valence-electron chi connectivity index (χ2n) is 5.34. The van der Waals surface area contributed by atoms with Gasteiger partial charge in [-0.1, -0.05) is 63.4 Å². The molecule has 0 aliphatic rings. The molecule has 0 saturated carbocycles. The standard InChI is InChI=1S/C18H22O2.C2H6/c1-3-4-5-8-14-11-16(19)18(17(20)12-14)15-9-6-7-13(2)10-15;1-2/h6-7,9-12,19-20H,3-5,8H2,1-2H3;1-2H3. The van der Waals surface area contributed by atoms with Crippen molar-refractivity contribution in [2.24, 2.45) is 0 Å². The van der Waals surface area contributed by atoms with E-state index in [4.69, 9.17) is 0 Å². The van der Waals surface area contributed by atoms with Crippen LogP contribution in [0.1, 0.15) is 51.2 Å². The molecular formula is C20H28O2. The SMILES string of the molecule is CC.CCCCCc1cc(O)c(-c2cccc(C)c2)c(O)c1. The Balaban J connectivity index is 0.00000116. The summed E-state index contributed by atoms with van der Waals surface area (Å²) in [4.78, 5) is 0. The first kappa shape index (κ1) is 18.1. The van der Waals surface area contributed by atoms with Gasteiger partial charge < -0.3 is 10.2 Å². The Labute approximate surface area is 134 Å². The van der Waals surface area contributed by atoms with E-state index in [-0.39, 0.29) is 11.5 Å². The van der Waals surface area contributed by atoms with Crippen LogP contribution in [0.4, 0.5) is 0 Å². The molecule has 0 radical (unpaired) electrons. The van der Waals surface area contributed by atoms with Gasteiger partial charge in [0.1, 0.15) is 11.5 Å². The van der Waals surface area contributed by atoms with Gasteiger partial charge in [0.15, 0.2) is 0 Å². The highest BCUT2D eigenvalue weighted by Gasteiger charge is 2.12. The van der Waals surface area contributed by atoms with Crippen molar-refractivity contribution < 1.29 is 10.2 Å². The van der Waals surface area contributed by atoms with Crippen molar-refractivity contribution in [2.75, 3.05) is 0 Å². The number of unbranched alkanes of at least 4 members (excludes halogenated alkanes) is 2. The highest BCUT2D eigenvalue weighted by atomic mass is 16.3. The molecule has 0 aliphatic carbocycles. The Hall–Kier alpha value is -1.96. The van der Waals surface area contributed by atoms with Crippen molar-refractivity contribution in [1.82, 2.24) is 0 Å². The number of aromatic hydroxyl groups is 2. The second kappa shape index (κ2) is 9.14. The Bertz CT molecular complexity index is 565. The van der Waals surface area contributed by atoms with Gasteiger partial charge >= 0.3 is 0 Å². The smallest absolute Gasteiger partial charge is 0.127 e. The molecule has 0 saturated heterocycles. The number of hydrogen-bond acceptors (Lipinski definition) is 2. The lowest BCUT2D eigenvalue weighted by Gasteiger charge is -2.11. The largest absolute Gasteiger partial charge is 0.507 e. The summed E-state index contributed by atoms with van der Waals surface area (Å²) in [7, 11) is 0. The van der Waals surface area contributed by atoms with Gasteiger partial charge in [-0.3, -0.25) is 0 Å². The molecule has 2 rings (SSSR count). The summed E-state index contributed by atoms with van der Waals surface area (Å²) in [5, 5.41) is 20.4. The monoisotopic (exact) mass is 300 g/mol. The molecule has 120 valence electrons. The number of phenols is 2. The van der Waals surface area contributed by atoms with E-state index in [2.05, 4.69) is 6.92 Å². The summed E-state index contributed by atoms with van der Waals surface area (Å²) < 4.78 is 0. The fraction of sp³-hybridized carbons (Fsp3) is 0.400. The fourth-order valence-electron chi connectivity index (χ4n) is 2.49. The Kier molecular flexibility index (Phi) is 7.51. The van der Waals surface area contributed by atoms with E-state index >= 15 is 0 Å². The molecule has 2 N–H and O–H groups in total. The maximum Gasteiger partial charge on any atom is 0.127 e. The molecule has 0 heterocycles. The van der Waals surface area contributed by atoms with Crippen LogP contribution in [-0.4, -0.2) is 10.2 Å². The van der Waals surface area contributed by atoms with Crippen molar-refractivity contribution in [3.8, 4) is 22.6 Å². The van der Waals surface area contributed by atoms with Crippen LogP contribution in [0, 0.1) is 6.92 Å². The van der Waals surface area contributed by atoms with Crippen LogP contribution in [0.2, 0.25) is 0 Å². The minimum Gasteiger partial charge on any atom is -0.507 e. The number of hydrogen-bond donors (Lipinski definition) is 2. The molecule has 2 aromatic rings. The third-order valence-electron chi connectivity index (χ3n) is 3.53. The normalized spacial score (nSPS) is 10.0. The van der Waals surface area contributed by atoms with Crippen LogP contribution in [-0.2, 0) is 6.42 Å². The van der Waals surface area contributed by atoms with Gasteiger partial charge in [-0.05, 0) is 43.0 Å². The first-order valence-corrected chi connectivity index (χ1v) is 8.23. The van der Waals surface area contributed by atoms with Gasteiger partial charge in [0.05, 0.1) is 5.56 Å². The lowest BCUT2D eigenvalue weighted by atomic mass is 9.98. The Morgan fingerprint density at radius 2 is 1.55 bits per heavy atom. The van der Waals surface area contributed by atoms with E-state index in [1.54, 1.807) is 12.1 Å². The first-order chi connectivity index (χ1) is 10.6. The summed E-state index contributed by atoms with van der Waals surface area (Å²) in [6.45, 7) is 8.16. The molecule has 22 heavy (non-hydrogen) atoms. The van der Waals surface area contributed by atoms with Gasteiger partial charge in [-0.2, -0.15) is 0 Å². The van der Waals surface area contributed by atoms with Crippen LogP contribution >= 0.6 is 0 Å². The lowest BCUT2D eigenvalue weighted by molar-refractivity contribution is 0.452. The van der Waals surface area contributed by atoms with E-state index in [0.29, 0.717) is 5.56 Å². The number of benzene rings is 2. The maximum atomic E-state index is 10.2. The van der Waals surface area contributed by atoms with Crippen molar-refractivity contribution in [2.45, 2.75) is 53.4 Å². The maximum absolute atomic E-state index is 10.2. The fourth-order valence-corrected chi connectivity index (χ4v) is 2.49. The molecule has 0 aromatic heterocycles. The molecule has 0 unspecified atom stereocenters. The van der Waals surface area contributed by atoms with E-state index < -0.39 is 0 Å². The predicted molar refractivity (Wildman–Crippen MR) is 94.5 cm³/mol. The van der Waals surface area contributed by atoms with Crippen LogP contribution in [0.3, 0.4) is 0 Å². The molecule has 2 heteroatoms. The third-order valence-corrected chi connectivity index (χ3v) is 3.53. The number of rotatable bonds is 5. The molecule has 2 aromatic carbocycles. The van der Waals surface area contributed by atoms with Crippen LogP contribution in [0.15, 0.2) is 36.4 Å². The van der Waals surface area contributed by atoms with E-state index in [0.717, 1.165) is 29.5 Å². The molecular weight excluding hydrogens is 272 g/mol. The van der Waals surface area contributed by atoms with E-state index in [1.807, 2.05) is 45.0 Å². The minimum atomic E-state index is 0.155. The predicted octanol–water partition coefficient (Wildman–Crippen LogP) is 5.83. The first-order valence-electron chi connectivity index (χ1n) is 8.23. The van der Waals surface area contributed by atoms with Gasteiger partial charge in [0.2, 0.25) is 0 Å². The Morgan fingerprint density at radius 1 is 0.909 bits per heavy atom. The van der Waals surface area contributed by atoms with Crippen LogP contribution in [0.5, 0.6) is 11.5 Å². The zero-order chi connectivity index (χ0) is 16.5.